The van der Waals surface area contributed by atoms with Crippen LogP contribution in [0, 0.1) is 0 Å². The lowest BCUT2D eigenvalue weighted by Gasteiger charge is -2.15. The number of nitrogens with zero attached hydrogens (tertiary/aromatic N) is 1. The second-order valence-electron chi connectivity index (χ2n) is 6.57. The number of pyridine rings is 1. The molecule has 0 aliphatic heterocycles. The first kappa shape index (κ1) is 17.9. The Morgan fingerprint density at radius 1 is 1.08 bits per heavy atom. The van der Waals surface area contributed by atoms with Gasteiger partial charge in [0.25, 0.3) is 5.91 Å². The Morgan fingerprint density at radius 2 is 1.77 bits per heavy atom. The van der Waals surface area contributed by atoms with Gasteiger partial charge in [-0.1, -0.05) is 42.5 Å². The Bertz CT molecular complexity index is 961. The van der Waals surface area contributed by atoms with E-state index in [1.54, 1.807) is 12.3 Å². The molecule has 0 saturated carbocycles. The lowest BCUT2D eigenvalue weighted by Crippen LogP contribution is -2.36. The minimum Gasteiger partial charge on any atom is -0.349 e. The van der Waals surface area contributed by atoms with Crippen LogP contribution in [0.25, 0.3) is 10.9 Å². The van der Waals surface area contributed by atoms with Crippen molar-refractivity contribution >= 4 is 16.8 Å². The fourth-order valence-corrected chi connectivity index (χ4v) is 3.17. The normalized spacial score (nSPS) is 12.1. The van der Waals surface area contributed by atoms with Crippen LogP contribution in [0.3, 0.4) is 0 Å². The predicted molar refractivity (Wildman–Crippen MR) is 106 cm³/mol. The molecule has 0 saturated heterocycles. The van der Waals surface area contributed by atoms with Gasteiger partial charge >= 0.3 is 0 Å². The van der Waals surface area contributed by atoms with Gasteiger partial charge in [0.15, 0.2) is 0 Å². The third-order valence-corrected chi connectivity index (χ3v) is 4.66. The molecule has 3 aromatic rings. The number of carbonyl (C=O) groups excluding carboxylic acids is 1. The summed E-state index contributed by atoms with van der Waals surface area (Å²) in [4.78, 5) is 25.4. The van der Waals surface area contributed by atoms with Crippen molar-refractivity contribution in [1.29, 1.82) is 0 Å². The van der Waals surface area contributed by atoms with E-state index in [4.69, 9.17) is 0 Å². The maximum absolute atomic E-state index is 12.7. The van der Waals surface area contributed by atoms with Gasteiger partial charge in [0, 0.05) is 24.2 Å². The van der Waals surface area contributed by atoms with Crippen LogP contribution in [0.5, 0.6) is 0 Å². The molecule has 0 bridgehead atoms. The van der Waals surface area contributed by atoms with Crippen molar-refractivity contribution < 1.29 is 4.79 Å². The van der Waals surface area contributed by atoms with E-state index in [0.29, 0.717) is 11.9 Å². The van der Waals surface area contributed by atoms with Crippen molar-refractivity contribution in [2.45, 2.75) is 39.3 Å². The summed E-state index contributed by atoms with van der Waals surface area (Å²) in [5.41, 5.74) is 2.09. The molecule has 0 fully saturated rings. The molecule has 0 spiro atoms. The van der Waals surface area contributed by atoms with Crippen molar-refractivity contribution in [3.8, 4) is 0 Å². The van der Waals surface area contributed by atoms with Crippen molar-refractivity contribution in [1.82, 2.24) is 9.88 Å². The van der Waals surface area contributed by atoms with Crippen molar-refractivity contribution in [3.05, 3.63) is 82.1 Å². The Hall–Kier alpha value is -2.88. The molecule has 1 amide bonds. The zero-order valence-electron chi connectivity index (χ0n) is 15.2. The average molecular weight is 348 g/mol. The third-order valence-electron chi connectivity index (χ3n) is 4.66. The largest absolute Gasteiger partial charge is 0.349 e. The molecule has 1 atom stereocenters. The summed E-state index contributed by atoms with van der Waals surface area (Å²) in [5, 5.41) is 3.55. The average Bonchev–Trinajstić information content (AvgIpc) is 2.67. The van der Waals surface area contributed by atoms with Gasteiger partial charge in [-0.2, -0.15) is 0 Å². The van der Waals surface area contributed by atoms with E-state index in [-0.39, 0.29) is 22.9 Å². The first-order valence-electron chi connectivity index (χ1n) is 9.07. The second kappa shape index (κ2) is 8.00. The number of hydrogen-bond acceptors (Lipinski definition) is 2. The molecule has 0 unspecified atom stereocenters. The molecule has 0 aliphatic carbocycles. The number of aryl methyl sites for hydroxylation is 2. The monoisotopic (exact) mass is 348 g/mol. The third kappa shape index (κ3) is 3.85. The molecule has 0 radical (unpaired) electrons. The topological polar surface area (TPSA) is 51.1 Å². The van der Waals surface area contributed by atoms with E-state index in [9.17, 15) is 9.59 Å². The summed E-state index contributed by atoms with van der Waals surface area (Å²) in [6.07, 6.45) is 3.38. The van der Waals surface area contributed by atoms with Crippen LogP contribution >= 0.6 is 0 Å². The van der Waals surface area contributed by atoms with Crippen molar-refractivity contribution in [2.24, 2.45) is 0 Å². The maximum atomic E-state index is 12.7. The van der Waals surface area contributed by atoms with Gasteiger partial charge in [-0.3, -0.25) is 9.59 Å². The summed E-state index contributed by atoms with van der Waals surface area (Å²) in [6, 6.07) is 17.6. The molecule has 134 valence electrons. The van der Waals surface area contributed by atoms with E-state index in [2.05, 4.69) is 17.4 Å². The standard InChI is InChI=1S/C22H24N2O2/c1-3-24-15-19(21(25)18-11-7-8-12-20(18)24)22(26)23-16(2)13-14-17-9-5-4-6-10-17/h4-12,15-16H,3,13-14H2,1-2H3,(H,23,26)/t16-/m1/s1. The van der Waals surface area contributed by atoms with Gasteiger partial charge < -0.3 is 9.88 Å². The molecule has 4 heteroatoms. The zero-order valence-corrected chi connectivity index (χ0v) is 15.2. The van der Waals surface area contributed by atoms with Crippen LogP contribution in [0.4, 0.5) is 0 Å². The number of rotatable bonds is 6. The van der Waals surface area contributed by atoms with E-state index >= 15 is 0 Å². The highest BCUT2D eigenvalue weighted by Crippen LogP contribution is 2.12. The molecule has 1 N–H and O–H groups in total. The molecule has 1 aromatic heterocycles. The molecule has 26 heavy (non-hydrogen) atoms. The van der Waals surface area contributed by atoms with Crippen LogP contribution < -0.4 is 10.7 Å². The predicted octanol–water partition coefficient (Wildman–Crippen LogP) is 3.77. The Balaban J connectivity index is 1.77. The quantitative estimate of drug-likeness (QED) is 0.737. The lowest BCUT2D eigenvalue weighted by molar-refractivity contribution is 0.0937. The van der Waals surface area contributed by atoms with E-state index in [1.165, 1.54) is 5.56 Å². The van der Waals surface area contributed by atoms with Crippen LogP contribution in [-0.2, 0) is 13.0 Å². The zero-order chi connectivity index (χ0) is 18.5. The van der Waals surface area contributed by atoms with Crippen molar-refractivity contribution in [2.75, 3.05) is 0 Å². The van der Waals surface area contributed by atoms with Crippen LogP contribution in [-0.4, -0.2) is 16.5 Å². The van der Waals surface area contributed by atoms with E-state index < -0.39 is 0 Å². The minimum absolute atomic E-state index is 0.0105. The molecular formula is C22H24N2O2. The fourth-order valence-electron chi connectivity index (χ4n) is 3.17. The molecular weight excluding hydrogens is 324 g/mol. The number of benzene rings is 2. The number of amides is 1. The number of aromatic nitrogens is 1. The SMILES string of the molecule is CCn1cc(C(=O)N[C@H](C)CCc2ccccc2)c(=O)c2ccccc21. The number of nitrogens with one attached hydrogen (secondary N) is 1. The number of fused-ring (bicyclic) bond motifs is 1. The fraction of sp³-hybridized carbons (Fsp3) is 0.273. The number of para-hydroxylation sites is 1. The Morgan fingerprint density at radius 3 is 2.50 bits per heavy atom. The summed E-state index contributed by atoms with van der Waals surface area (Å²) in [6.45, 7) is 4.67. The molecule has 3 rings (SSSR count). The van der Waals surface area contributed by atoms with Gasteiger partial charge in [-0.25, -0.2) is 0 Å². The first-order chi connectivity index (χ1) is 12.6. The maximum Gasteiger partial charge on any atom is 0.256 e. The minimum atomic E-state index is -0.302. The van der Waals surface area contributed by atoms with E-state index in [1.807, 2.05) is 54.8 Å². The molecule has 1 heterocycles. The second-order valence-corrected chi connectivity index (χ2v) is 6.57. The van der Waals surface area contributed by atoms with E-state index in [0.717, 1.165) is 18.4 Å². The lowest BCUT2D eigenvalue weighted by atomic mass is 10.1. The summed E-state index contributed by atoms with van der Waals surface area (Å²) in [5.74, 6) is -0.302. The summed E-state index contributed by atoms with van der Waals surface area (Å²) >= 11 is 0. The highest BCUT2D eigenvalue weighted by atomic mass is 16.2. The van der Waals surface area contributed by atoms with Gasteiger partial charge in [-0.05, 0) is 44.4 Å². The van der Waals surface area contributed by atoms with Crippen LogP contribution in [0.1, 0.15) is 36.2 Å². The Labute approximate surface area is 153 Å². The van der Waals surface area contributed by atoms with Gasteiger partial charge in [0.2, 0.25) is 5.43 Å². The van der Waals surface area contributed by atoms with Crippen LogP contribution in [0.2, 0.25) is 0 Å². The number of hydrogen-bond donors (Lipinski definition) is 1. The smallest absolute Gasteiger partial charge is 0.256 e. The molecule has 2 aromatic carbocycles. The summed E-state index contributed by atoms with van der Waals surface area (Å²) in [7, 11) is 0. The highest BCUT2D eigenvalue weighted by molar-refractivity contribution is 5.97. The van der Waals surface area contributed by atoms with Gasteiger partial charge in [0.1, 0.15) is 5.56 Å². The molecule has 0 aliphatic rings. The van der Waals surface area contributed by atoms with Gasteiger partial charge in [0.05, 0.1) is 5.52 Å². The Kier molecular flexibility index (Phi) is 5.52. The summed E-state index contributed by atoms with van der Waals surface area (Å²) < 4.78 is 1.94. The van der Waals surface area contributed by atoms with Gasteiger partial charge in [-0.15, -0.1) is 0 Å². The first-order valence-corrected chi connectivity index (χ1v) is 9.07. The molecule has 4 nitrogen and oxygen atoms in total. The highest BCUT2D eigenvalue weighted by Gasteiger charge is 2.16. The number of carbonyl (C=O) groups is 1. The van der Waals surface area contributed by atoms with Crippen LogP contribution in [0.15, 0.2) is 65.6 Å². The van der Waals surface area contributed by atoms with Crippen molar-refractivity contribution in [3.63, 3.8) is 0 Å².